The number of carbonyl (C=O) groups excluding carboxylic acids is 1. The second kappa shape index (κ2) is 4.61. The zero-order valence-electron chi connectivity index (χ0n) is 5.63. The number of rotatable bonds is 3. The molecule has 0 rings (SSSR count). The Labute approximate surface area is 64.5 Å². The van der Waals surface area contributed by atoms with Gasteiger partial charge in [-0.25, -0.2) is 0 Å². The summed E-state index contributed by atoms with van der Waals surface area (Å²) in [4.78, 5) is 10.6. The SMILES string of the molecule is COC(=O)C(C)N[P+](=O)Cl. The van der Waals surface area contributed by atoms with Gasteiger partial charge in [0.2, 0.25) is 11.2 Å². The van der Waals surface area contributed by atoms with Gasteiger partial charge in [0.1, 0.15) is 6.04 Å². The molecule has 0 aliphatic heterocycles. The highest BCUT2D eigenvalue weighted by Gasteiger charge is 2.22. The Morgan fingerprint density at radius 2 is 2.30 bits per heavy atom. The minimum absolute atomic E-state index is 0.482. The lowest BCUT2D eigenvalue weighted by Gasteiger charge is -2.00. The van der Waals surface area contributed by atoms with Crippen molar-refractivity contribution in [2.45, 2.75) is 13.0 Å². The summed E-state index contributed by atoms with van der Waals surface area (Å²) in [5, 5.41) is 2.29. The molecule has 6 heteroatoms. The predicted molar refractivity (Wildman–Crippen MR) is 38.1 cm³/mol. The van der Waals surface area contributed by atoms with Crippen molar-refractivity contribution in [2.75, 3.05) is 7.11 Å². The minimum atomic E-state index is -2.01. The molecule has 0 saturated heterocycles. The third kappa shape index (κ3) is 3.77. The van der Waals surface area contributed by atoms with E-state index < -0.39 is 19.3 Å². The van der Waals surface area contributed by atoms with Gasteiger partial charge in [-0.2, -0.15) is 0 Å². The van der Waals surface area contributed by atoms with Gasteiger partial charge in [-0.1, -0.05) is 5.09 Å². The van der Waals surface area contributed by atoms with Crippen LogP contribution in [-0.4, -0.2) is 19.1 Å². The summed E-state index contributed by atoms with van der Waals surface area (Å²) in [6.45, 7) is 1.52. The lowest BCUT2D eigenvalue weighted by Crippen LogP contribution is -2.29. The van der Waals surface area contributed by atoms with Gasteiger partial charge in [-0.3, -0.25) is 4.79 Å². The van der Waals surface area contributed by atoms with Crippen LogP contribution >= 0.6 is 18.5 Å². The van der Waals surface area contributed by atoms with Crippen LogP contribution in [0.2, 0.25) is 0 Å². The van der Waals surface area contributed by atoms with Crippen LogP contribution in [0.4, 0.5) is 0 Å². The van der Waals surface area contributed by atoms with Crippen molar-refractivity contribution in [1.82, 2.24) is 5.09 Å². The highest BCUT2D eigenvalue weighted by atomic mass is 35.7. The number of esters is 1. The monoisotopic (exact) mass is 184 g/mol. The van der Waals surface area contributed by atoms with Crippen LogP contribution in [-0.2, 0) is 14.1 Å². The van der Waals surface area contributed by atoms with Crippen molar-refractivity contribution in [2.24, 2.45) is 0 Å². The summed E-state index contributed by atoms with van der Waals surface area (Å²) >= 11 is 5.06. The first-order valence-corrected chi connectivity index (χ1v) is 4.71. The van der Waals surface area contributed by atoms with Crippen molar-refractivity contribution in [3.63, 3.8) is 0 Å². The molecule has 0 fully saturated rings. The van der Waals surface area contributed by atoms with Crippen LogP contribution in [0.1, 0.15) is 6.92 Å². The molecule has 0 spiro atoms. The lowest BCUT2D eigenvalue weighted by molar-refractivity contribution is -0.142. The fraction of sp³-hybridized carbons (Fsp3) is 0.750. The van der Waals surface area contributed by atoms with Gasteiger partial charge in [0, 0.05) is 0 Å². The van der Waals surface area contributed by atoms with Gasteiger partial charge in [0.05, 0.1) is 7.11 Å². The fourth-order valence-electron chi connectivity index (χ4n) is 0.382. The number of hydrogen-bond donors (Lipinski definition) is 1. The Kier molecular flexibility index (Phi) is 4.52. The van der Waals surface area contributed by atoms with E-state index in [4.69, 9.17) is 11.2 Å². The van der Waals surface area contributed by atoms with Crippen molar-refractivity contribution in [1.29, 1.82) is 0 Å². The molecule has 0 amide bonds. The van der Waals surface area contributed by atoms with Gasteiger partial charge >= 0.3 is 13.3 Å². The maximum absolute atomic E-state index is 10.6. The molecule has 0 aliphatic rings. The number of halogens is 1. The molecule has 0 bridgehead atoms. The molecule has 4 nitrogen and oxygen atoms in total. The molecule has 0 aromatic rings. The van der Waals surface area contributed by atoms with Gasteiger partial charge in [-0.15, -0.1) is 0 Å². The normalized spacial score (nSPS) is 14.1. The van der Waals surface area contributed by atoms with E-state index in [2.05, 4.69) is 9.82 Å². The molecule has 0 aromatic carbocycles. The van der Waals surface area contributed by atoms with E-state index >= 15 is 0 Å². The van der Waals surface area contributed by atoms with Gasteiger partial charge in [0.25, 0.3) is 0 Å². The Hall–Kier alpha value is -0.180. The largest absolute Gasteiger partial charge is 0.554 e. The van der Waals surface area contributed by atoms with Crippen LogP contribution in [0, 0.1) is 0 Å². The van der Waals surface area contributed by atoms with E-state index in [9.17, 15) is 9.36 Å². The molecule has 2 unspecified atom stereocenters. The summed E-state index contributed by atoms with van der Waals surface area (Å²) in [6, 6.07) is -0.619. The third-order valence-corrected chi connectivity index (χ3v) is 1.73. The van der Waals surface area contributed by atoms with E-state index in [1.165, 1.54) is 14.0 Å². The predicted octanol–water partition coefficient (Wildman–Crippen LogP) is 1.03. The van der Waals surface area contributed by atoms with Crippen molar-refractivity contribution in [3.05, 3.63) is 0 Å². The average Bonchev–Trinajstić information content (AvgIpc) is 1.85. The molecule has 0 aliphatic carbocycles. The van der Waals surface area contributed by atoms with Crippen molar-refractivity contribution in [3.8, 4) is 0 Å². The Balaban J connectivity index is 3.72. The first-order chi connectivity index (χ1) is 4.57. The van der Waals surface area contributed by atoms with E-state index in [0.29, 0.717) is 0 Å². The molecular formula is C4H8ClNO3P+. The van der Waals surface area contributed by atoms with E-state index in [-0.39, 0.29) is 0 Å². The topological polar surface area (TPSA) is 55.4 Å². The first-order valence-electron chi connectivity index (χ1n) is 2.55. The van der Waals surface area contributed by atoms with E-state index in [0.717, 1.165) is 0 Å². The zero-order valence-corrected chi connectivity index (χ0v) is 7.28. The summed E-state index contributed by atoms with van der Waals surface area (Å²) in [7, 11) is -0.755. The molecule has 0 aromatic heterocycles. The number of carbonyl (C=O) groups is 1. The van der Waals surface area contributed by atoms with Crippen LogP contribution in [0.3, 0.4) is 0 Å². The Morgan fingerprint density at radius 3 is 2.60 bits per heavy atom. The van der Waals surface area contributed by atoms with Crippen LogP contribution in [0.25, 0.3) is 0 Å². The van der Waals surface area contributed by atoms with E-state index in [1.54, 1.807) is 0 Å². The summed E-state index contributed by atoms with van der Waals surface area (Å²) in [5.74, 6) is -0.482. The molecular weight excluding hydrogens is 176 g/mol. The number of hydrogen-bond acceptors (Lipinski definition) is 3. The molecule has 0 radical (unpaired) electrons. The fourth-order valence-corrected chi connectivity index (χ4v) is 1.23. The highest BCUT2D eigenvalue weighted by Crippen LogP contribution is 2.20. The molecule has 1 N–H and O–H groups in total. The summed E-state index contributed by atoms with van der Waals surface area (Å²) in [5.41, 5.74) is 0. The second-order valence-electron chi connectivity index (χ2n) is 1.62. The second-order valence-corrected chi connectivity index (χ2v) is 3.29. The molecule has 10 heavy (non-hydrogen) atoms. The van der Waals surface area contributed by atoms with Crippen LogP contribution < -0.4 is 5.09 Å². The molecule has 2 atom stereocenters. The molecule has 0 saturated carbocycles. The van der Waals surface area contributed by atoms with Gasteiger partial charge < -0.3 is 4.74 Å². The lowest BCUT2D eigenvalue weighted by atomic mass is 10.4. The van der Waals surface area contributed by atoms with Gasteiger partial charge in [0.15, 0.2) is 0 Å². The quantitative estimate of drug-likeness (QED) is 0.526. The van der Waals surface area contributed by atoms with Crippen LogP contribution in [0.15, 0.2) is 0 Å². The average molecular weight is 185 g/mol. The standard InChI is InChI=1S/C4H8ClNO3P/c1-3(4(7)9-2)6-10(5)8/h3H,1-2H3,(H,6,8)/q+1. The Bertz CT molecular complexity index is 151. The van der Waals surface area contributed by atoms with Crippen LogP contribution in [0.5, 0.6) is 0 Å². The summed E-state index contributed by atoms with van der Waals surface area (Å²) < 4.78 is 14.6. The van der Waals surface area contributed by atoms with Gasteiger partial charge in [-0.05, 0) is 11.5 Å². The van der Waals surface area contributed by atoms with E-state index in [1.807, 2.05) is 0 Å². The number of nitrogens with one attached hydrogen (secondary N) is 1. The van der Waals surface area contributed by atoms with Crippen molar-refractivity contribution < 1.29 is 14.1 Å². The Morgan fingerprint density at radius 1 is 1.80 bits per heavy atom. The number of methoxy groups -OCH3 is 1. The minimum Gasteiger partial charge on any atom is -0.468 e. The maximum atomic E-state index is 10.6. The maximum Gasteiger partial charge on any atom is 0.554 e. The highest BCUT2D eigenvalue weighted by molar-refractivity contribution is 7.72. The zero-order chi connectivity index (χ0) is 8.15. The van der Waals surface area contributed by atoms with Crippen molar-refractivity contribution >= 4 is 24.5 Å². The third-order valence-electron chi connectivity index (χ3n) is 0.850. The number of ether oxygens (including phenoxy) is 1. The molecule has 58 valence electrons. The summed E-state index contributed by atoms with van der Waals surface area (Å²) in [6.07, 6.45) is 0. The molecule has 0 heterocycles. The smallest absolute Gasteiger partial charge is 0.468 e. The first kappa shape index (κ1) is 9.82.